The van der Waals surface area contributed by atoms with E-state index in [0.29, 0.717) is 0 Å². The number of H-pyrrole nitrogens is 1. The fraction of sp³-hybridized carbons (Fsp3) is 0. The van der Waals surface area contributed by atoms with Crippen molar-refractivity contribution in [1.29, 1.82) is 0 Å². The number of aromatic nitrogens is 2. The van der Waals surface area contributed by atoms with Crippen LogP contribution in [0, 0.1) is 0 Å². The fourth-order valence-corrected chi connectivity index (χ4v) is 1.85. The Hall–Kier alpha value is -2.62. The van der Waals surface area contributed by atoms with Crippen LogP contribution in [0.25, 0.3) is 22.4 Å². The van der Waals surface area contributed by atoms with Gasteiger partial charge >= 0.3 is 0 Å². The standard InChI is InChI=1S/C14H10N2O2/c17-14(18)10-7-5-9(6-8-10)13-15-11-3-1-2-4-12(11)16-13/h1-8H,(H,15,16)(H,17,18)/p-1. The van der Waals surface area contributed by atoms with Crippen LogP contribution in [0.2, 0.25) is 0 Å². The van der Waals surface area contributed by atoms with Gasteiger partial charge in [-0.25, -0.2) is 4.98 Å². The Kier molecular flexibility index (Phi) is 2.34. The maximum atomic E-state index is 10.7. The van der Waals surface area contributed by atoms with E-state index >= 15 is 0 Å². The predicted octanol–water partition coefficient (Wildman–Crippen LogP) is 1.59. The van der Waals surface area contributed by atoms with E-state index < -0.39 is 5.97 Å². The summed E-state index contributed by atoms with van der Waals surface area (Å²) in [4.78, 5) is 18.3. The number of aromatic amines is 1. The van der Waals surface area contributed by atoms with Gasteiger partial charge in [-0.1, -0.05) is 36.4 Å². The summed E-state index contributed by atoms with van der Waals surface area (Å²) in [5, 5.41) is 10.7. The Bertz CT molecular complexity index is 681. The van der Waals surface area contributed by atoms with E-state index in [9.17, 15) is 9.90 Å². The van der Waals surface area contributed by atoms with E-state index in [0.717, 1.165) is 22.4 Å². The molecule has 1 heterocycles. The molecular weight excluding hydrogens is 228 g/mol. The maximum absolute atomic E-state index is 10.7. The molecule has 3 aromatic rings. The molecule has 18 heavy (non-hydrogen) atoms. The highest BCUT2D eigenvalue weighted by atomic mass is 16.4. The van der Waals surface area contributed by atoms with Crippen LogP contribution in [0.3, 0.4) is 0 Å². The molecule has 0 atom stereocenters. The van der Waals surface area contributed by atoms with Gasteiger partial charge in [-0.3, -0.25) is 0 Å². The van der Waals surface area contributed by atoms with Gasteiger partial charge in [-0.15, -0.1) is 0 Å². The third-order valence-corrected chi connectivity index (χ3v) is 2.78. The van der Waals surface area contributed by atoms with Crippen LogP contribution in [0.5, 0.6) is 0 Å². The molecule has 0 aliphatic carbocycles. The summed E-state index contributed by atoms with van der Waals surface area (Å²) in [5.41, 5.74) is 2.85. The summed E-state index contributed by atoms with van der Waals surface area (Å²) in [6.07, 6.45) is 0. The zero-order valence-electron chi connectivity index (χ0n) is 9.38. The average Bonchev–Trinajstić information content (AvgIpc) is 2.82. The molecule has 0 fully saturated rings. The van der Waals surface area contributed by atoms with Crippen molar-refractivity contribution in [2.45, 2.75) is 0 Å². The summed E-state index contributed by atoms with van der Waals surface area (Å²) >= 11 is 0. The Balaban J connectivity index is 2.06. The Morgan fingerprint density at radius 1 is 1.06 bits per heavy atom. The van der Waals surface area contributed by atoms with Gasteiger partial charge in [0.05, 0.1) is 17.0 Å². The largest absolute Gasteiger partial charge is 0.545 e. The number of para-hydroxylation sites is 2. The van der Waals surface area contributed by atoms with E-state index in [-0.39, 0.29) is 5.56 Å². The van der Waals surface area contributed by atoms with Crippen molar-refractivity contribution < 1.29 is 9.90 Å². The summed E-state index contributed by atoms with van der Waals surface area (Å²) in [7, 11) is 0. The lowest BCUT2D eigenvalue weighted by Gasteiger charge is -2.02. The van der Waals surface area contributed by atoms with Gasteiger partial charge in [0.2, 0.25) is 0 Å². The van der Waals surface area contributed by atoms with Gasteiger partial charge in [0, 0.05) is 5.56 Å². The van der Waals surface area contributed by atoms with Crippen LogP contribution in [0.4, 0.5) is 0 Å². The third kappa shape index (κ3) is 1.73. The van der Waals surface area contributed by atoms with Crippen LogP contribution in [0.15, 0.2) is 48.5 Å². The molecule has 3 rings (SSSR count). The number of nitrogens with one attached hydrogen (secondary N) is 1. The summed E-state index contributed by atoms with van der Waals surface area (Å²) < 4.78 is 0. The molecule has 0 amide bonds. The van der Waals surface area contributed by atoms with E-state index in [2.05, 4.69) is 9.97 Å². The summed E-state index contributed by atoms with van der Waals surface area (Å²) in [6.45, 7) is 0. The van der Waals surface area contributed by atoms with Crippen molar-refractivity contribution in [3.63, 3.8) is 0 Å². The maximum Gasteiger partial charge on any atom is 0.138 e. The average molecular weight is 237 g/mol. The smallest absolute Gasteiger partial charge is 0.138 e. The normalized spacial score (nSPS) is 10.7. The minimum atomic E-state index is -1.17. The van der Waals surface area contributed by atoms with Crippen molar-refractivity contribution in [1.82, 2.24) is 9.97 Å². The molecular formula is C14H9N2O2-. The second-order valence-corrected chi connectivity index (χ2v) is 3.97. The molecule has 0 unspecified atom stereocenters. The van der Waals surface area contributed by atoms with Crippen LogP contribution in [-0.2, 0) is 0 Å². The number of hydrogen-bond donors (Lipinski definition) is 1. The Morgan fingerprint density at radius 3 is 2.44 bits per heavy atom. The number of nitrogens with zero attached hydrogens (tertiary/aromatic N) is 1. The van der Waals surface area contributed by atoms with Gasteiger partial charge in [0.15, 0.2) is 0 Å². The molecule has 4 heteroatoms. The first kappa shape index (κ1) is 10.5. The van der Waals surface area contributed by atoms with Gasteiger partial charge in [0.1, 0.15) is 5.82 Å². The molecule has 2 aromatic carbocycles. The minimum Gasteiger partial charge on any atom is -0.545 e. The number of fused-ring (bicyclic) bond motifs is 1. The third-order valence-electron chi connectivity index (χ3n) is 2.78. The lowest BCUT2D eigenvalue weighted by Crippen LogP contribution is -2.21. The number of carbonyl (C=O) groups excluding carboxylic acids is 1. The van der Waals surface area contributed by atoms with Gasteiger partial charge < -0.3 is 14.9 Å². The number of aromatic carboxylic acids is 1. The Morgan fingerprint density at radius 2 is 1.78 bits per heavy atom. The molecule has 0 saturated carbocycles. The molecule has 1 aromatic heterocycles. The first-order valence-corrected chi connectivity index (χ1v) is 5.50. The predicted molar refractivity (Wildman–Crippen MR) is 65.9 cm³/mol. The molecule has 88 valence electrons. The van der Waals surface area contributed by atoms with E-state index in [4.69, 9.17) is 0 Å². The van der Waals surface area contributed by atoms with Crippen LogP contribution in [-0.4, -0.2) is 15.9 Å². The first-order chi connectivity index (χ1) is 8.74. The first-order valence-electron chi connectivity index (χ1n) is 5.50. The highest BCUT2D eigenvalue weighted by Crippen LogP contribution is 2.20. The molecule has 0 spiro atoms. The lowest BCUT2D eigenvalue weighted by molar-refractivity contribution is -0.255. The molecule has 4 nitrogen and oxygen atoms in total. The number of hydrogen-bond acceptors (Lipinski definition) is 3. The Labute approximate surface area is 103 Å². The van der Waals surface area contributed by atoms with E-state index in [1.54, 1.807) is 12.1 Å². The zero-order valence-corrected chi connectivity index (χ0v) is 9.38. The topological polar surface area (TPSA) is 68.8 Å². The number of carboxylic acid groups (broad SMARTS) is 1. The quantitative estimate of drug-likeness (QED) is 0.735. The number of carboxylic acids is 1. The van der Waals surface area contributed by atoms with Crippen LogP contribution >= 0.6 is 0 Å². The molecule has 0 aliphatic heterocycles. The number of imidazole rings is 1. The van der Waals surface area contributed by atoms with Crippen molar-refractivity contribution in [2.75, 3.05) is 0 Å². The van der Waals surface area contributed by atoms with Crippen LogP contribution < -0.4 is 5.11 Å². The van der Waals surface area contributed by atoms with Crippen molar-refractivity contribution in [3.8, 4) is 11.4 Å². The van der Waals surface area contributed by atoms with E-state index in [1.165, 1.54) is 12.1 Å². The van der Waals surface area contributed by atoms with Gasteiger partial charge in [-0.05, 0) is 17.7 Å². The minimum absolute atomic E-state index is 0.162. The van der Waals surface area contributed by atoms with Crippen molar-refractivity contribution in [3.05, 3.63) is 54.1 Å². The van der Waals surface area contributed by atoms with Crippen LogP contribution in [0.1, 0.15) is 10.4 Å². The zero-order chi connectivity index (χ0) is 12.5. The molecule has 0 aliphatic rings. The molecule has 0 bridgehead atoms. The molecule has 0 saturated heterocycles. The highest BCUT2D eigenvalue weighted by Gasteiger charge is 2.04. The monoisotopic (exact) mass is 237 g/mol. The number of benzene rings is 2. The molecule has 1 N–H and O–H groups in total. The molecule has 0 radical (unpaired) electrons. The second-order valence-electron chi connectivity index (χ2n) is 3.97. The summed E-state index contributed by atoms with van der Waals surface area (Å²) in [6, 6.07) is 14.2. The van der Waals surface area contributed by atoms with Crippen molar-refractivity contribution >= 4 is 17.0 Å². The SMILES string of the molecule is O=C([O-])c1ccc(-c2nc3ccccc3[nH]2)cc1. The lowest BCUT2D eigenvalue weighted by atomic mass is 10.1. The highest BCUT2D eigenvalue weighted by molar-refractivity contribution is 5.86. The summed E-state index contributed by atoms with van der Waals surface area (Å²) in [5.74, 6) is -0.452. The number of carbonyl (C=O) groups is 1. The van der Waals surface area contributed by atoms with Gasteiger partial charge in [0.25, 0.3) is 0 Å². The van der Waals surface area contributed by atoms with Crippen molar-refractivity contribution in [2.24, 2.45) is 0 Å². The number of rotatable bonds is 2. The fourth-order valence-electron chi connectivity index (χ4n) is 1.85. The second kappa shape index (κ2) is 4.00. The van der Waals surface area contributed by atoms with E-state index in [1.807, 2.05) is 24.3 Å². The van der Waals surface area contributed by atoms with Gasteiger partial charge in [-0.2, -0.15) is 0 Å².